The minimum atomic E-state index is -0.397. The average molecular weight is 353 g/mol. The van der Waals surface area contributed by atoms with E-state index in [1.807, 2.05) is 38.6 Å². The Morgan fingerprint density at radius 1 is 1.19 bits per heavy atom. The third-order valence-corrected chi connectivity index (χ3v) is 4.93. The van der Waals surface area contributed by atoms with Gasteiger partial charge in [-0.05, 0) is 38.7 Å². The quantitative estimate of drug-likeness (QED) is 0.725. The van der Waals surface area contributed by atoms with Crippen molar-refractivity contribution in [2.45, 2.75) is 45.4 Å². The molecule has 4 rings (SSSR count). The number of aliphatic hydroxyl groups excluding tert-OH is 1. The van der Waals surface area contributed by atoms with Gasteiger partial charge in [0.2, 0.25) is 0 Å². The van der Waals surface area contributed by atoms with Gasteiger partial charge in [0.15, 0.2) is 5.82 Å². The third-order valence-electron chi connectivity index (χ3n) is 4.93. The molecule has 3 heterocycles. The minimum Gasteiger partial charge on any atom is -0.391 e. The predicted molar refractivity (Wildman–Crippen MR) is 97.0 cm³/mol. The summed E-state index contributed by atoms with van der Waals surface area (Å²) in [4.78, 5) is 13.1. The highest BCUT2D eigenvalue weighted by molar-refractivity contribution is 5.52. The van der Waals surface area contributed by atoms with Crippen molar-refractivity contribution in [1.29, 1.82) is 0 Å². The second-order valence-electron chi connectivity index (χ2n) is 6.93. The van der Waals surface area contributed by atoms with Crippen molar-refractivity contribution >= 4 is 5.82 Å². The number of hydrogen-bond acceptors (Lipinski definition) is 6. The maximum absolute atomic E-state index is 10.5. The number of anilines is 1. The Labute approximate surface area is 151 Å². The van der Waals surface area contributed by atoms with Gasteiger partial charge >= 0.3 is 0 Å². The molecule has 0 amide bonds. The molecule has 3 aromatic heterocycles. The number of rotatable bonds is 5. The van der Waals surface area contributed by atoms with Crippen molar-refractivity contribution in [3.8, 4) is 5.82 Å². The molecular formula is C18H23N7O. The van der Waals surface area contributed by atoms with Crippen LogP contribution in [-0.4, -0.2) is 46.6 Å². The van der Waals surface area contributed by atoms with E-state index in [0.717, 1.165) is 36.6 Å². The predicted octanol–water partition coefficient (Wildman–Crippen LogP) is 1.73. The summed E-state index contributed by atoms with van der Waals surface area (Å²) in [5, 5.41) is 18.2. The second-order valence-corrected chi connectivity index (χ2v) is 6.93. The highest BCUT2D eigenvalue weighted by Gasteiger charge is 2.33. The highest BCUT2D eigenvalue weighted by atomic mass is 16.3. The number of hydrogen-bond donors (Lipinski definition) is 2. The number of aryl methyl sites for hydroxylation is 1. The van der Waals surface area contributed by atoms with Gasteiger partial charge < -0.3 is 15.0 Å². The van der Waals surface area contributed by atoms with Crippen molar-refractivity contribution in [1.82, 2.24) is 29.3 Å². The zero-order chi connectivity index (χ0) is 18.1. The fourth-order valence-electron chi connectivity index (χ4n) is 3.66. The minimum absolute atomic E-state index is 0.0259. The number of aromatic nitrogens is 6. The zero-order valence-electron chi connectivity index (χ0n) is 14.9. The number of nitrogens with zero attached hydrogens (tertiary/aromatic N) is 6. The summed E-state index contributed by atoms with van der Waals surface area (Å²) >= 11 is 0. The zero-order valence-corrected chi connectivity index (χ0v) is 14.9. The van der Waals surface area contributed by atoms with E-state index >= 15 is 0 Å². The average Bonchev–Trinajstić information content (AvgIpc) is 3.34. The van der Waals surface area contributed by atoms with E-state index in [-0.39, 0.29) is 6.04 Å². The van der Waals surface area contributed by atoms with Gasteiger partial charge in [-0.2, -0.15) is 5.10 Å². The first-order valence-corrected chi connectivity index (χ1v) is 8.85. The highest BCUT2D eigenvalue weighted by Crippen LogP contribution is 2.31. The largest absolute Gasteiger partial charge is 0.391 e. The molecular weight excluding hydrogens is 330 g/mol. The van der Waals surface area contributed by atoms with E-state index in [1.54, 1.807) is 17.1 Å². The first-order valence-electron chi connectivity index (χ1n) is 8.85. The van der Waals surface area contributed by atoms with Crippen molar-refractivity contribution in [3.63, 3.8) is 0 Å². The van der Waals surface area contributed by atoms with E-state index in [2.05, 4.69) is 29.9 Å². The summed E-state index contributed by atoms with van der Waals surface area (Å²) < 4.78 is 3.80. The molecule has 0 radical (unpaired) electrons. The molecule has 26 heavy (non-hydrogen) atoms. The molecule has 1 fully saturated rings. The van der Waals surface area contributed by atoms with E-state index in [4.69, 9.17) is 0 Å². The molecule has 0 aliphatic heterocycles. The van der Waals surface area contributed by atoms with Gasteiger partial charge in [-0.25, -0.2) is 19.6 Å². The van der Waals surface area contributed by atoms with Crippen LogP contribution in [0.25, 0.3) is 5.82 Å². The maximum atomic E-state index is 10.5. The molecule has 0 spiro atoms. The van der Waals surface area contributed by atoms with E-state index in [9.17, 15) is 5.11 Å². The standard InChI is InChI=1S/C18H23N7O/c1-12-17(21-13(2)22-18(12)25-6-3-4-20-25)23-15-8-14(9-16(15)26)10-24-7-5-19-11-24/h3-7,11,14-16,26H,8-10H2,1-2H3,(H,21,22,23)/t14?,15-,16-/m1/s1. The van der Waals surface area contributed by atoms with Crippen LogP contribution in [0.1, 0.15) is 24.2 Å². The molecule has 0 saturated heterocycles. The van der Waals surface area contributed by atoms with Gasteiger partial charge in [0.1, 0.15) is 11.6 Å². The number of aliphatic hydroxyl groups is 1. The molecule has 136 valence electrons. The van der Waals surface area contributed by atoms with Crippen LogP contribution in [0.3, 0.4) is 0 Å². The molecule has 0 aromatic carbocycles. The molecule has 1 aliphatic carbocycles. The lowest BCUT2D eigenvalue weighted by molar-refractivity contribution is 0.166. The summed E-state index contributed by atoms with van der Waals surface area (Å²) in [5.41, 5.74) is 0.921. The molecule has 8 heteroatoms. The Balaban J connectivity index is 1.52. The van der Waals surface area contributed by atoms with Crippen molar-refractivity contribution in [3.05, 3.63) is 48.6 Å². The Bertz CT molecular complexity index is 860. The van der Waals surface area contributed by atoms with Crippen LogP contribution in [0.2, 0.25) is 0 Å². The van der Waals surface area contributed by atoms with Gasteiger partial charge in [0.25, 0.3) is 0 Å². The van der Waals surface area contributed by atoms with Crippen molar-refractivity contribution in [2.24, 2.45) is 5.92 Å². The Morgan fingerprint density at radius 2 is 2.08 bits per heavy atom. The second kappa shape index (κ2) is 6.87. The fraction of sp³-hybridized carbons (Fsp3) is 0.444. The van der Waals surface area contributed by atoms with Crippen LogP contribution >= 0.6 is 0 Å². The van der Waals surface area contributed by atoms with Gasteiger partial charge in [-0.15, -0.1) is 0 Å². The molecule has 2 N–H and O–H groups in total. The Hall–Kier alpha value is -2.74. The number of imidazole rings is 1. The summed E-state index contributed by atoms with van der Waals surface area (Å²) in [6.07, 6.45) is 10.4. The lowest BCUT2D eigenvalue weighted by atomic mass is 10.1. The van der Waals surface area contributed by atoms with Crippen molar-refractivity contribution < 1.29 is 5.11 Å². The monoisotopic (exact) mass is 353 g/mol. The van der Waals surface area contributed by atoms with Gasteiger partial charge in [-0.3, -0.25) is 0 Å². The van der Waals surface area contributed by atoms with Crippen LogP contribution in [0, 0.1) is 19.8 Å². The molecule has 3 atom stereocenters. The first kappa shape index (κ1) is 16.7. The first-order chi connectivity index (χ1) is 12.6. The topological polar surface area (TPSA) is 93.7 Å². The summed E-state index contributed by atoms with van der Waals surface area (Å²) in [6.45, 7) is 4.71. The lowest BCUT2D eigenvalue weighted by Gasteiger charge is -2.20. The number of nitrogens with one attached hydrogen (secondary N) is 1. The van der Waals surface area contributed by atoms with Gasteiger partial charge in [0.05, 0.1) is 18.5 Å². The summed E-state index contributed by atoms with van der Waals surface area (Å²) in [6, 6.07) is 1.84. The van der Waals surface area contributed by atoms with E-state index in [1.165, 1.54) is 0 Å². The Kier molecular flexibility index (Phi) is 4.42. The van der Waals surface area contributed by atoms with Crippen LogP contribution in [0.5, 0.6) is 0 Å². The smallest absolute Gasteiger partial charge is 0.162 e. The fourth-order valence-corrected chi connectivity index (χ4v) is 3.66. The summed E-state index contributed by atoms with van der Waals surface area (Å²) in [7, 11) is 0. The van der Waals surface area contributed by atoms with Crippen LogP contribution in [0.4, 0.5) is 5.82 Å². The molecule has 1 unspecified atom stereocenters. The van der Waals surface area contributed by atoms with E-state index < -0.39 is 6.10 Å². The van der Waals surface area contributed by atoms with Crippen LogP contribution in [-0.2, 0) is 6.54 Å². The van der Waals surface area contributed by atoms with Crippen LogP contribution < -0.4 is 5.32 Å². The molecule has 1 aliphatic rings. The maximum Gasteiger partial charge on any atom is 0.162 e. The molecule has 1 saturated carbocycles. The molecule has 8 nitrogen and oxygen atoms in total. The third kappa shape index (κ3) is 3.32. The van der Waals surface area contributed by atoms with Crippen molar-refractivity contribution in [2.75, 3.05) is 5.32 Å². The van der Waals surface area contributed by atoms with Gasteiger partial charge in [-0.1, -0.05) is 0 Å². The summed E-state index contributed by atoms with van der Waals surface area (Å²) in [5.74, 6) is 2.60. The van der Waals surface area contributed by atoms with E-state index in [0.29, 0.717) is 11.7 Å². The molecule has 3 aromatic rings. The molecule has 0 bridgehead atoms. The lowest BCUT2D eigenvalue weighted by Crippen LogP contribution is -2.29. The normalized spacial score (nSPS) is 22.7. The Morgan fingerprint density at radius 3 is 2.81 bits per heavy atom. The van der Waals surface area contributed by atoms with Crippen LogP contribution in [0.15, 0.2) is 37.2 Å². The van der Waals surface area contributed by atoms with Gasteiger partial charge in [0, 0.05) is 36.9 Å². The SMILES string of the molecule is Cc1nc(N[C@@H]2CC(Cn3ccnc3)C[C@H]2O)c(C)c(-n2cccn2)n1.